The molecule has 1 aliphatic rings. The molecule has 5 nitrogen and oxygen atoms in total. The van der Waals surface area contributed by atoms with Crippen molar-refractivity contribution in [1.29, 1.82) is 0 Å². The van der Waals surface area contributed by atoms with Gasteiger partial charge < -0.3 is 14.8 Å². The van der Waals surface area contributed by atoms with E-state index in [4.69, 9.17) is 9.47 Å². The number of carbonyl (C=O) groups is 2. The second-order valence-corrected chi connectivity index (χ2v) is 8.00. The van der Waals surface area contributed by atoms with Crippen molar-refractivity contribution in [3.63, 3.8) is 0 Å². The first-order valence-electron chi connectivity index (χ1n) is 9.26. The van der Waals surface area contributed by atoms with Gasteiger partial charge in [0.1, 0.15) is 10.6 Å². The van der Waals surface area contributed by atoms with Gasteiger partial charge in [0, 0.05) is 4.88 Å². The molecule has 1 aromatic heterocycles. The van der Waals surface area contributed by atoms with Crippen molar-refractivity contribution in [3.05, 3.63) is 45.1 Å². The van der Waals surface area contributed by atoms with E-state index in [0.29, 0.717) is 16.3 Å². The van der Waals surface area contributed by atoms with E-state index in [-0.39, 0.29) is 5.91 Å². The van der Waals surface area contributed by atoms with Gasteiger partial charge in [-0.1, -0.05) is 12.5 Å². The largest absolute Gasteiger partial charge is 0.495 e. The van der Waals surface area contributed by atoms with Gasteiger partial charge in [0.2, 0.25) is 0 Å². The lowest BCUT2D eigenvalue weighted by atomic mass is 10.1. The molecule has 0 fully saturated rings. The van der Waals surface area contributed by atoms with Crippen molar-refractivity contribution in [1.82, 2.24) is 0 Å². The lowest BCUT2D eigenvalue weighted by Crippen LogP contribution is -2.30. The number of ether oxygens (including phenoxy) is 2. The number of methoxy groups -OCH3 is 1. The van der Waals surface area contributed by atoms with Crippen molar-refractivity contribution in [3.8, 4) is 5.75 Å². The van der Waals surface area contributed by atoms with E-state index >= 15 is 0 Å². The number of carbonyl (C=O) groups excluding carboxylic acids is 2. The molecule has 1 atom stereocenters. The van der Waals surface area contributed by atoms with Crippen LogP contribution < -0.4 is 10.1 Å². The number of hydrogen-bond donors (Lipinski definition) is 1. The monoisotopic (exact) mass is 387 g/mol. The first-order valence-corrected chi connectivity index (χ1v) is 10.1. The molecular formula is C21H25NO4S. The van der Waals surface area contributed by atoms with Gasteiger partial charge in [-0.15, -0.1) is 11.3 Å². The molecule has 0 spiro atoms. The Bertz CT molecular complexity index is 819. The number of amides is 1. The molecule has 0 saturated carbocycles. The number of fused-ring (bicyclic) bond motifs is 1. The van der Waals surface area contributed by atoms with Gasteiger partial charge in [-0.05, 0) is 68.9 Å². The fourth-order valence-electron chi connectivity index (χ4n) is 3.19. The number of rotatable bonds is 5. The molecule has 0 bridgehead atoms. The molecule has 1 aromatic carbocycles. The van der Waals surface area contributed by atoms with Crippen molar-refractivity contribution in [2.45, 2.75) is 52.1 Å². The Hall–Kier alpha value is -2.34. The van der Waals surface area contributed by atoms with E-state index in [1.165, 1.54) is 34.6 Å². The zero-order valence-corrected chi connectivity index (χ0v) is 16.8. The first-order chi connectivity index (χ1) is 13.0. The van der Waals surface area contributed by atoms with Gasteiger partial charge in [0.25, 0.3) is 5.91 Å². The first kappa shape index (κ1) is 19.4. The van der Waals surface area contributed by atoms with Gasteiger partial charge in [0.15, 0.2) is 6.10 Å². The number of esters is 1. The number of anilines is 1. The zero-order valence-electron chi connectivity index (χ0n) is 16.0. The Kier molecular flexibility index (Phi) is 6.16. The van der Waals surface area contributed by atoms with E-state index in [1.807, 2.05) is 25.1 Å². The van der Waals surface area contributed by atoms with Crippen molar-refractivity contribution in [2.24, 2.45) is 0 Å². The number of aryl methyl sites for hydroxylation is 3. The summed E-state index contributed by atoms with van der Waals surface area (Å²) in [5, 5.41) is 2.78. The normalized spacial score (nSPS) is 14.6. The minimum absolute atomic E-state index is 0.384. The third-order valence-electron chi connectivity index (χ3n) is 4.71. The fourth-order valence-corrected chi connectivity index (χ4v) is 4.33. The average Bonchev–Trinajstić information content (AvgIpc) is 2.92. The minimum Gasteiger partial charge on any atom is -0.495 e. The summed E-state index contributed by atoms with van der Waals surface area (Å²) in [5.41, 5.74) is 2.81. The third-order valence-corrected chi connectivity index (χ3v) is 5.93. The molecule has 1 N–H and O–H groups in total. The van der Waals surface area contributed by atoms with Crippen LogP contribution in [0.2, 0.25) is 0 Å². The fraction of sp³-hybridized carbons (Fsp3) is 0.429. The summed E-state index contributed by atoms with van der Waals surface area (Å²) in [6, 6.07) is 7.45. The van der Waals surface area contributed by atoms with Gasteiger partial charge in [0.05, 0.1) is 12.8 Å². The van der Waals surface area contributed by atoms with Crippen LogP contribution in [0.4, 0.5) is 5.69 Å². The van der Waals surface area contributed by atoms with Gasteiger partial charge in [-0.2, -0.15) is 0 Å². The Morgan fingerprint density at radius 3 is 2.70 bits per heavy atom. The highest BCUT2D eigenvalue weighted by molar-refractivity contribution is 7.14. The highest BCUT2D eigenvalue weighted by atomic mass is 32.1. The third kappa shape index (κ3) is 4.69. The summed E-state index contributed by atoms with van der Waals surface area (Å²) in [7, 11) is 1.55. The molecule has 1 aliphatic carbocycles. The van der Waals surface area contributed by atoms with Crippen LogP contribution in [0, 0.1) is 6.92 Å². The molecule has 3 rings (SSSR count). The van der Waals surface area contributed by atoms with Crippen LogP contribution in [0.5, 0.6) is 5.75 Å². The Morgan fingerprint density at radius 2 is 1.93 bits per heavy atom. The van der Waals surface area contributed by atoms with Gasteiger partial charge in [-0.25, -0.2) is 4.79 Å². The highest BCUT2D eigenvalue weighted by Crippen LogP contribution is 2.30. The maximum atomic E-state index is 12.5. The van der Waals surface area contributed by atoms with E-state index in [0.717, 1.165) is 24.8 Å². The van der Waals surface area contributed by atoms with Gasteiger partial charge in [-0.3, -0.25) is 4.79 Å². The van der Waals surface area contributed by atoms with Crippen LogP contribution in [0.1, 0.15) is 51.9 Å². The minimum atomic E-state index is -0.898. The summed E-state index contributed by atoms with van der Waals surface area (Å²) in [5.74, 6) is -0.258. The number of benzene rings is 1. The molecule has 1 amide bonds. The molecular weight excluding hydrogens is 362 g/mol. The maximum absolute atomic E-state index is 12.5. The van der Waals surface area contributed by atoms with E-state index in [2.05, 4.69) is 5.32 Å². The molecule has 6 heteroatoms. The summed E-state index contributed by atoms with van der Waals surface area (Å²) in [4.78, 5) is 26.8. The van der Waals surface area contributed by atoms with E-state index in [9.17, 15) is 9.59 Å². The second-order valence-electron chi connectivity index (χ2n) is 6.86. The standard InChI is InChI=1S/C21H25NO4S/c1-13-9-10-17(25-3)16(11-13)22-20(23)14(2)26-21(24)19-12-15-7-5-4-6-8-18(15)27-19/h9-12,14H,4-8H2,1-3H3,(H,22,23)/t14-/m0/s1. The molecule has 0 saturated heterocycles. The van der Waals surface area contributed by atoms with Crippen LogP contribution in [-0.4, -0.2) is 25.1 Å². The number of thiophene rings is 1. The van der Waals surface area contributed by atoms with Crippen LogP contribution in [0.25, 0.3) is 0 Å². The Morgan fingerprint density at radius 1 is 1.15 bits per heavy atom. The lowest BCUT2D eigenvalue weighted by molar-refractivity contribution is -0.123. The highest BCUT2D eigenvalue weighted by Gasteiger charge is 2.23. The van der Waals surface area contributed by atoms with Crippen LogP contribution >= 0.6 is 11.3 Å². The molecule has 2 aromatic rings. The van der Waals surface area contributed by atoms with E-state index in [1.54, 1.807) is 20.1 Å². The van der Waals surface area contributed by atoms with Crippen LogP contribution in [0.15, 0.2) is 24.3 Å². The summed E-state index contributed by atoms with van der Waals surface area (Å²) in [6.07, 6.45) is 4.71. The van der Waals surface area contributed by atoms with Crippen molar-refractivity contribution >= 4 is 28.9 Å². The molecule has 27 heavy (non-hydrogen) atoms. The SMILES string of the molecule is COc1ccc(C)cc1NC(=O)[C@H](C)OC(=O)c1cc2c(s1)CCCCC2. The molecule has 0 radical (unpaired) electrons. The smallest absolute Gasteiger partial charge is 0.349 e. The number of hydrogen-bond acceptors (Lipinski definition) is 5. The quantitative estimate of drug-likeness (QED) is 0.605. The average molecular weight is 388 g/mol. The zero-order chi connectivity index (χ0) is 19.4. The second kappa shape index (κ2) is 8.57. The predicted molar refractivity (Wildman–Crippen MR) is 107 cm³/mol. The lowest BCUT2D eigenvalue weighted by Gasteiger charge is -2.15. The van der Waals surface area contributed by atoms with Crippen molar-refractivity contribution in [2.75, 3.05) is 12.4 Å². The molecule has 1 heterocycles. The Balaban J connectivity index is 1.64. The van der Waals surface area contributed by atoms with Crippen LogP contribution in [-0.2, 0) is 22.4 Å². The van der Waals surface area contributed by atoms with E-state index < -0.39 is 12.1 Å². The summed E-state index contributed by atoms with van der Waals surface area (Å²) < 4.78 is 10.7. The summed E-state index contributed by atoms with van der Waals surface area (Å²) in [6.45, 7) is 3.51. The topological polar surface area (TPSA) is 64.6 Å². The van der Waals surface area contributed by atoms with Crippen LogP contribution in [0.3, 0.4) is 0 Å². The Labute approximate surface area is 163 Å². The number of nitrogens with one attached hydrogen (secondary N) is 1. The van der Waals surface area contributed by atoms with Gasteiger partial charge >= 0.3 is 5.97 Å². The molecule has 0 aliphatic heterocycles. The molecule has 0 unspecified atom stereocenters. The molecule has 144 valence electrons. The van der Waals surface area contributed by atoms with Crippen molar-refractivity contribution < 1.29 is 19.1 Å². The predicted octanol–water partition coefficient (Wildman–Crippen LogP) is 4.52. The summed E-state index contributed by atoms with van der Waals surface area (Å²) >= 11 is 1.50. The maximum Gasteiger partial charge on any atom is 0.349 e.